The van der Waals surface area contributed by atoms with E-state index in [1.807, 2.05) is 13.8 Å². The van der Waals surface area contributed by atoms with Crippen molar-refractivity contribution in [3.05, 3.63) is 0 Å². The zero-order valence-electron chi connectivity index (χ0n) is 9.46. The summed E-state index contributed by atoms with van der Waals surface area (Å²) in [6.07, 6.45) is 0.259. The second kappa shape index (κ2) is 5.98. The SMILES string of the molecule is COC(C)C(=O)NCC(C)(C)CCO. The van der Waals surface area contributed by atoms with E-state index in [0.717, 1.165) is 0 Å². The van der Waals surface area contributed by atoms with Crippen LogP contribution in [0.1, 0.15) is 27.2 Å². The molecule has 0 rings (SSSR count). The molecule has 0 fully saturated rings. The molecule has 0 spiro atoms. The Morgan fingerprint density at radius 3 is 2.57 bits per heavy atom. The van der Waals surface area contributed by atoms with Crippen LogP contribution >= 0.6 is 0 Å². The van der Waals surface area contributed by atoms with Gasteiger partial charge in [-0.1, -0.05) is 13.8 Å². The largest absolute Gasteiger partial charge is 0.396 e. The summed E-state index contributed by atoms with van der Waals surface area (Å²) in [6.45, 7) is 6.40. The zero-order chi connectivity index (χ0) is 11.2. The van der Waals surface area contributed by atoms with Crippen LogP contribution in [-0.4, -0.2) is 37.4 Å². The molecule has 0 heterocycles. The number of carbonyl (C=O) groups excluding carboxylic acids is 1. The predicted molar refractivity (Wildman–Crippen MR) is 55.0 cm³/mol. The number of amides is 1. The Kier molecular flexibility index (Phi) is 5.72. The van der Waals surface area contributed by atoms with Crippen molar-refractivity contribution in [1.29, 1.82) is 0 Å². The van der Waals surface area contributed by atoms with Gasteiger partial charge in [0.15, 0.2) is 0 Å². The monoisotopic (exact) mass is 203 g/mol. The molecule has 1 atom stereocenters. The van der Waals surface area contributed by atoms with Crippen LogP contribution in [0.4, 0.5) is 0 Å². The lowest BCUT2D eigenvalue weighted by Gasteiger charge is -2.24. The fourth-order valence-electron chi connectivity index (χ4n) is 0.968. The second-order valence-electron chi connectivity index (χ2n) is 4.23. The Morgan fingerprint density at radius 1 is 1.57 bits per heavy atom. The van der Waals surface area contributed by atoms with Crippen LogP contribution in [0.5, 0.6) is 0 Å². The fourth-order valence-corrected chi connectivity index (χ4v) is 0.968. The van der Waals surface area contributed by atoms with Crippen LogP contribution in [-0.2, 0) is 9.53 Å². The van der Waals surface area contributed by atoms with Gasteiger partial charge in [-0.3, -0.25) is 4.79 Å². The van der Waals surface area contributed by atoms with Gasteiger partial charge in [0, 0.05) is 20.3 Å². The standard InChI is InChI=1S/C10H21NO3/c1-8(14-4)9(13)11-7-10(2,3)5-6-12/h8,12H,5-7H2,1-4H3,(H,11,13). The normalized spacial score (nSPS) is 13.8. The quantitative estimate of drug-likeness (QED) is 0.662. The number of methoxy groups -OCH3 is 1. The summed E-state index contributed by atoms with van der Waals surface area (Å²) >= 11 is 0. The van der Waals surface area contributed by atoms with Gasteiger partial charge in [0.2, 0.25) is 5.91 Å². The zero-order valence-corrected chi connectivity index (χ0v) is 9.46. The van der Waals surface area contributed by atoms with E-state index in [1.54, 1.807) is 6.92 Å². The van der Waals surface area contributed by atoms with Crippen LogP contribution < -0.4 is 5.32 Å². The molecule has 2 N–H and O–H groups in total. The average Bonchev–Trinajstić information content (AvgIpc) is 2.13. The Hall–Kier alpha value is -0.610. The Labute approximate surface area is 85.6 Å². The lowest BCUT2D eigenvalue weighted by atomic mass is 9.90. The first-order chi connectivity index (χ1) is 6.43. The van der Waals surface area contributed by atoms with Gasteiger partial charge in [-0.05, 0) is 18.8 Å². The smallest absolute Gasteiger partial charge is 0.248 e. The number of nitrogens with one attached hydrogen (secondary N) is 1. The maximum Gasteiger partial charge on any atom is 0.248 e. The Morgan fingerprint density at radius 2 is 2.14 bits per heavy atom. The minimum atomic E-state index is -0.417. The average molecular weight is 203 g/mol. The van der Waals surface area contributed by atoms with E-state index < -0.39 is 6.10 Å². The Bertz CT molecular complexity index is 180. The number of hydrogen-bond acceptors (Lipinski definition) is 3. The van der Waals surface area contributed by atoms with Crippen LogP contribution in [0.15, 0.2) is 0 Å². The molecule has 0 aliphatic carbocycles. The third kappa shape index (κ3) is 5.19. The highest BCUT2D eigenvalue weighted by Gasteiger charge is 2.19. The van der Waals surface area contributed by atoms with Gasteiger partial charge in [-0.15, -0.1) is 0 Å². The van der Waals surface area contributed by atoms with E-state index in [-0.39, 0.29) is 17.9 Å². The van der Waals surface area contributed by atoms with Crippen molar-refractivity contribution in [2.75, 3.05) is 20.3 Å². The van der Waals surface area contributed by atoms with Crippen molar-refractivity contribution >= 4 is 5.91 Å². The van der Waals surface area contributed by atoms with Crippen LogP contribution in [0, 0.1) is 5.41 Å². The molecule has 0 saturated carbocycles. The summed E-state index contributed by atoms with van der Waals surface area (Å²) in [5.74, 6) is -0.112. The molecule has 1 unspecified atom stereocenters. The van der Waals surface area contributed by atoms with Gasteiger partial charge in [0.05, 0.1) is 0 Å². The highest BCUT2D eigenvalue weighted by molar-refractivity contribution is 5.80. The molecule has 0 radical (unpaired) electrons. The molecule has 0 aromatic heterocycles. The first-order valence-electron chi connectivity index (χ1n) is 4.84. The number of aliphatic hydroxyl groups excluding tert-OH is 1. The summed E-state index contributed by atoms with van der Waals surface area (Å²) in [5.41, 5.74) is -0.0716. The summed E-state index contributed by atoms with van der Waals surface area (Å²) in [7, 11) is 1.50. The summed E-state index contributed by atoms with van der Waals surface area (Å²) in [6, 6.07) is 0. The maximum absolute atomic E-state index is 11.3. The van der Waals surface area contributed by atoms with E-state index in [2.05, 4.69) is 5.32 Å². The molecular weight excluding hydrogens is 182 g/mol. The molecule has 4 nitrogen and oxygen atoms in total. The first kappa shape index (κ1) is 13.4. The van der Waals surface area contributed by atoms with Gasteiger partial charge in [0.25, 0.3) is 0 Å². The van der Waals surface area contributed by atoms with E-state index >= 15 is 0 Å². The third-order valence-corrected chi connectivity index (χ3v) is 2.25. The minimum Gasteiger partial charge on any atom is -0.396 e. The number of carbonyl (C=O) groups is 1. The molecule has 0 aliphatic heterocycles. The van der Waals surface area contributed by atoms with Crippen molar-refractivity contribution in [2.24, 2.45) is 5.41 Å². The molecule has 84 valence electrons. The summed E-state index contributed by atoms with van der Waals surface area (Å²) in [5, 5.41) is 11.6. The highest BCUT2D eigenvalue weighted by atomic mass is 16.5. The van der Waals surface area contributed by atoms with E-state index in [9.17, 15) is 4.79 Å². The lowest BCUT2D eigenvalue weighted by molar-refractivity contribution is -0.130. The van der Waals surface area contributed by atoms with Gasteiger partial charge in [-0.2, -0.15) is 0 Å². The topological polar surface area (TPSA) is 58.6 Å². The minimum absolute atomic E-state index is 0.0716. The Balaban J connectivity index is 3.87. The van der Waals surface area contributed by atoms with Crippen molar-refractivity contribution in [2.45, 2.75) is 33.3 Å². The van der Waals surface area contributed by atoms with Gasteiger partial charge >= 0.3 is 0 Å². The van der Waals surface area contributed by atoms with E-state index in [1.165, 1.54) is 7.11 Å². The second-order valence-corrected chi connectivity index (χ2v) is 4.23. The van der Waals surface area contributed by atoms with Gasteiger partial charge in [0.1, 0.15) is 6.10 Å². The van der Waals surface area contributed by atoms with Crippen molar-refractivity contribution < 1.29 is 14.6 Å². The fraction of sp³-hybridized carbons (Fsp3) is 0.900. The van der Waals surface area contributed by atoms with Crippen molar-refractivity contribution in [1.82, 2.24) is 5.32 Å². The number of hydrogen-bond donors (Lipinski definition) is 2. The predicted octanol–water partition coefficient (Wildman–Crippen LogP) is 0.546. The van der Waals surface area contributed by atoms with Gasteiger partial charge < -0.3 is 15.2 Å². The van der Waals surface area contributed by atoms with Crippen molar-refractivity contribution in [3.63, 3.8) is 0 Å². The molecular formula is C10H21NO3. The van der Waals surface area contributed by atoms with Crippen LogP contribution in [0.2, 0.25) is 0 Å². The van der Waals surface area contributed by atoms with E-state index in [4.69, 9.17) is 9.84 Å². The number of rotatable bonds is 6. The molecule has 0 bridgehead atoms. The van der Waals surface area contributed by atoms with Gasteiger partial charge in [-0.25, -0.2) is 0 Å². The molecule has 14 heavy (non-hydrogen) atoms. The molecule has 0 aromatic rings. The molecule has 4 heteroatoms. The summed E-state index contributed by atoms with van der Waals surface area (Å²) < 4.78 is 4.88. The number of aliphatic hydroxyl groups is 1. The summed E-state index contributed by atoms with van der Waals surface area (Å²) in [4.78, 5) is 11.3. The first-order valence-corrected chi connectivity index (χ1v) is 4.84. The van der Waals surface area contributed by atoms with E-state index in [0.29, 0.717) is 13.0 Å². The molecule has 0 saturated heterocycles. The molecule has 0 aliphatic rings. The number of ether oxygens (including phenoxy) is 1. The molecule has 0 aromatic carbocycles. The van der Waals surface area contributed by atoms with Crippen LogP contribution in [0.3, 0.4) is 0 Å². The van der Waals surface area contributed by atoms with Crippen LogP contribution in [0.25, 0.3) is 0 Å². The maximum atomic E-state index is 11.3. The third-order valence-electron chi connectivity index (χ3n) is 2.25. The lowest BCUT2D eigenvalue weighted by Crippen LogP contribution is -2.39. The molecule has 1 amide bonds. The highest BCUT2D eigenvalue weighted by Crippen LogP contribution is 2.17. The van der Waals surface area contributed by atoms with Crippen molar-refractivity contribution in [3.8, 4) is 0 Å².